The minimum absolute atomic E-state index is 1.17. The van der Waals surface area contributed by atoms with Crippen molar-refractivity contribution in [3.8, 4) is 0 Å². The van der Waals surface area contributed by atoms with Crippen LogP contribution < -0.4 is 0 Å². The molecule has 0 fully saturated rings. The zero-order valence-electron chi connectivity index (χ0n) is 12.3. The van der Waals surface area contributed by atoms with Crippen molar-refractivity contribution in [2.75, 3.05) is 0 Å². The SMILES string of the molecule is C=C(CC/C=C(\C)CCC=C(C)C)CCCC. The van der Waals surface area contributed by atoms with Gasteiger partial charge >= 0.3 is 0 Å². The average Bonchev–Trinajstić information content (AvgIpc) is 2.25. The van der Waals surface area contributed by atoms with Crippen LogP contribution in [0.25, 0.3) is 0 Å². The average molecular weight is 234 g/mol. The third-order valence-electron chi connectivity index (χ3n) is 2.97. The number of rotatable bonds is 9. The maximum Gasteiger partial charge on any atom is -0.0288 e. The summed E-state index contributed by atoms with van der Waals surface area (Å²) in [4.78, 5) is 0. The van der Waals surface area contributed by atoms with Crippen molar-refractivity contribution in [1.82, 2.24) is 0 Å². The van der Waals surface area contributed by atoms with E-state index in [9.17, 15) is 0 Å². The highest BCUT2D eigenvalue weighted by Crippen LogP contribution is 2.14. The summed E-state index contributed by atoms with van der Waals surface area (Å²) in [6, 6.07) is 0. The van der Waals surface area contributed by atoms with E-state index < -0.39 is 0 Å². The summed E-state index contributed by atoms with van der Waals surface area (Å²) in [6.45, 7) is 12.9. The van der Waals surface area contributed by atoms with Crippen molar-refractivity contribution in [2.45, 2.75) is 72.6 Å². The van der Waals surface area contributed by atoms with Gasteiger partial charge in [0.2, 0.25) is 0 Å². The molecule has 98 valence electrons. The van der Waals surface area contributed by atoms with Gasteiger partial charge in [0.1, 0.15) is 0 Å². The third kappa shape index (κ3) is 11.5. The van der Waals surface area contributed by atoms with Crippen LogP contribution in [-0.4, -0.2) is 0 Å². The minimum Gasteiger partial charge on any atom is -0.0999 e. The van der Waals surface area contributed by atoms with Crippen LogP contribution >= 0.6 is 0 Å². The Balaban J connectivity index is 3.69. The van der Waals surface area contributed by atoms with E-state index in [0.717, 1.165) is 0 Å². The molecule has 0 radical (unpaired) electrons. The number of hydrogen-bond donors (Lipinski definition) is 0. The molecule has 0 aliphatic rings. The zero-order valence-corrected chi connectivity index (χ0v) is 12.3. The van der Waals surface area contributed by atoms with Gasteiger partial charge < -0.3 is 0 Å². The molecule has 0 amide bonds. The van der Waals surface area contributed by atoms with E-state index in [1.54, 1.807) is 0 Å². The molecule has 17 heavy (non-hydrogen) atoms. The quantitative estimate of drug-likeness (QED) is 0.416. The number of allylic oxidation sites excluding steroid dienone is 5. The first-order valence-electron chi connectivity index (χ1n) is 7.02. The van der Waals surface area contributed by atoms with E-state index in [1.807, 2.05) is 0 Å². The second kappa shape index (κ2) is 10.4. The lowest BCUT2D eigenvalue weighted by molar-refractivity contribution is 0.755. The van der Waals surface area contributed by atoms with E-state index in [0.29, 0.717) is 0 Å². The molecule has 0 aromatic carbocycles. The van der Waals surface area contributed by atoms with Crippen molar-refractivity contribution < 1.29 is 0 Å². The predicted molar refractivity (Wildman–Crippen MR) is 80.3 cm³/mol. The van der Waals surface area contributed by atoms with E-state index in [2.05, 4.69) is 46.4 Å². The third-order valence-corrected chi connectivity index (χ3v) is 2.97. The Hall–Kier alpha value is -0.780. The van der Waals surface area contributed by atoms with Crippen LogP contribution in [0.4, 0.5) is 0 Å². The lowest BCUT2D eigenvalue weighted by Gasteiger charge is -2.03. The number of unbranched alkanes of at least 4 members (excludes halogenated alkanes) is 1. The van der Waals surface area contributed by atoms with Crippen LogP contribution in [-0.2, 0) is 0 Å². The van der Waals surface area contributed by atoms with Gasteiger partial charge in [-0.2, -0.15) is 0 Å². The zero-order chi connectivity index (χ0) is 13.1. The highest BCUT2D eigenvalue weighted by molar-refractivity contribution is 5.04. The van der Waals surface area contributed by atoms with Gasteiger partial charge in [-0.15, -0.1) is 0 Å². The van der Waals surface area contributed by atoms with E-state index in [1.165, 1.54) is 61.7 Å². The summed E-state index contributed by atoms with van der Waals surface area (Å²) in [7, 11) is 0. The first kappa shape index (κ1) is 16.2. The monoisotopic (exact) mass is 234 g/mol. The van der Waals surface area contributed by atoms with Crippen LogP contribution in [0, 0.1) is 0 Å². The molecule has 0 spiro atoms. The van der Waals surface area contributed by atoms with Crippen LogP contribution in [0.2, 0.25) is 0 Å². The van der Waals surface area contributed by atoms with Crippen LogP contribution in [0.1, 0.15) is 72.6 Å². The molecule has 0 bridgehead atoms. The lowest BCUT2D eigenvalue weighted by atomic mass is 10.0. The topological polar surface area (TPSA) is 0 Å². The van der Waals surface area contributed by atoms with Gasteiger partial charge in [-0.1, -0.05) is 48.8 Å². The van der Waals surface area contributed by atoms with Gasteiger partial charge in [0.25, 0.3) is 0 Å². The molecule has 0 aromatic rings. The molecule has 0 atom stereocenters. The summed E-state index contributed by atoms with van der Waals surface area (Å²) in [5.74, 6) is 0. The van der Waals surface area contributed by atoms with Crippen molar-refractivity contribution in [3.05, 3.63) is 35.5 Å². The van der Waals surface area contributed by atoms with Crippen molar-refractivity contribution in [1.29, 1.82) is 0 Å². The second-order valence-electron chi connectivity index (χ2n) is 5.26. The Morgan fingerprint density at radius 1 is 0.941 bits per heavy atom. The fraction of sp³-hybridized carbons (Fsp3) is 0.647. The predicted octanol–water partition coefficient (Wildman–Crippen LogP) is 6.21. The standard InChI is InChI=1S/C17H30/c1-6-7-11-16(4)13-9-14-17(5)12-8-10-15(2)3/h10,14H,4,6-9,11-13H2,1-3,5H3/b17-14+. The Kier molecular flexibility index (Phi) is 9.90. The lowest BCUT2D eigenvalue weighted by Crippen LogP contribution is -1.83. The summed E-state index contributed by atoms with van der Waals surface area (Å²) >= 11 is 0. The molecule has 0 unspecified atom stereocenters. The Labute approximate surface area is 109 Å². The molecular weight excluding hydrogens is 204 g/mol. The van der Waals surface area contributed by atoms with Crippen molar-refractivity contribution >= 4 is 0 Å². The Morgan fingerprint density at radius 2 is 1.59 bits per heavy atom. The molecule has 0 rings (SSSR count). The van der Waals surface area contributed by atoms with Gasteiger partial charge in [-0.25, -0.2) is 0 Å². The maximum absolute atomic E-state index is 4.14. The van der Waals surface area contributed by atoms with Crippen LogP contribution in [0.3, 0.4) is 0 Å². The van der Waals surface area contributed by atoms with Crippen LogP contribution in [0.5, 0.6) is 0 Å². The fourth-order valence-electron chi connectivity index (χ4n) is 1.77. The smallest absolute Gasteiger partial charge is 0.0288 e. The van der Waals surface area contributed by atoms with E-state index in [-0.39, 0.29) is 0 Å². The Bertz CT molecular complexity index is 262. The van der Waals surface area contributed by atoms with Gasteiger partial charge in [0.15, 0.2) is 0 Å². The first-order valence-corrected chi connectivity index (χ1v) is 7.02. The summed E-state index contributed by atoms with van der Waals surface area (Å²) < 4.78 is 0. The van der Waals surface area contributed by atoms with Gasteiger partial charge in [-0.3, -0.25) is 0 Å². The molecule has 0 aliphatic carbocycles. The summed E-state index contributed by atoms with van der Waals surface area (Å²) in [6.07, 6.45) is 13.2. The molecule has 0 nitrogen and oxygen atoms in total. The van der Waals surface area contributed by atoms with Gasteiger partial charge in [0.05, 0.1) is 0 Å². The second-order valence-corrected chi connectivity index (χ2v) is 5.26. The molecule has 0 aromatic heterocycles. The Morgan fingerprint density at radius 3 is 2.18 bits per heavy atom. The first-order chi connectivity index (χ1) is 8.06. The summed E-state index contributed by atoms with van der Waals surface area (Å²) in [5, 5.41) is 0. The molecule has 0 heteroatoms. The van der Waals surface area contributed by atoms with Gasteiger partial charge in [-0.05, 0) is 59.3 Å². The van der Waals surface area contributed by atoms with Crippen molar-refractivity contribution in [3.63, 3.8) is 0 Å². The highest BCUT2D eigenvalue weighted by Gasteiger charge is 1.94. The molecular formula is C17H30. The van der Waals surface area contributed by atoms with Gasteiger partial charge in [0, 0.05) is 0 Å². The van der Waals surface area contributed by atoms with E-state index in [4.69, 9.17) is 0 Å². The van der Waals surface area contributed by atoms with Crippen LogP contribution in [0.15, 0.2) is 35.5 Å². The largest absolute Gasteiger partial charge is 0.0999 e. The normalized spacial score (nSPS) is 11.4. The maximum atomic E-state index is 4.14. The highest BCUT2D eigenvalue weighted by atomic mass is 14.0. The molecule has 0 N–H and O–H groups in total. The van der Waals surface area contributed by atoms with Crippen molar-refractivity contribution in [2.24, 2.45) is 0 Å². The fourth-order valence-corrected chi connectivity index (χ4v) is 1.77. The van der Waals surface area contributed by atoms with E-state index >= 15 is 0 Å². The number of hydrogen-bond acceptors (Lipinski definition) is 0. The summed E-state index contributed by atoms with van der Waals surface area (Å²) in [5.41, 5.74) is 4.36. The molecule has 0 saturated heterocycles. The molecule has 0 saturated carbocycles. The molecule has 0 heterocycles. The molecule has 0 aliphatic heterocycles. The minimum atomic E-state index is 1.17.